The second-order valence-corrected chi connectivity index (χ2v) is 11.8. The van der Waals surface area contributed by atoms with Gasteiger partial charge in [-0.05, 0) is 35.8 Å². The molecule has 0 aromatic heterocycles. The van der Waals surface area contributed by atoms with Gasteiger partial charge in [0.05, 0.1) is 24.7 Å². The van der Waals surface area contributed by atoms with E-state index in [1.54, 1.807) is 0 Å². The van der Waals surface area contributed by atoms with Crippen molar-refractivity contribution in [3.05, 3.63) is 71.8 Å². The van der Waals surface area contributed by atoms with Crippen molar-refractivity contribution in [2.45, 2.75) is 47.1 Å². The van der Waals surface area contributed by atoms with E-state index in [-0.39, 0.29) is 25.0 Å². The second kappa shape index (κ2) is 14.1. The van der Waals surface area contributed by atoms with Gasteiger partial charge in [0.25, 0.3) is 0 Å². The lowest BCUT2D eigenvalue weighted by Crippen LogP contribution is -2.52. The van der Waals surface area contributed by atoms with Crippen LogP contribution in [0.2, 0.25) is 0 Å². The third kappa shape index (κ3) is 10.1. The Labute approximate surface area is 215 Å². The van der Waals surface area contributed by atoms with Crippen LogP contribution in [0.25, 0.3) is 0 Å². The molecule has 0 aliphatic carbocycles. The van der Waals surface area contributed by atoms with Crippen LogP contribution in [0.3, 0.4) is 0 Å². The molecule has 2 rings (SSSR count). The Kier molecular flexibility index (Phi) is 11.6. The van der Waals surface area contributed by atoms with Crippen molar-refractivity contribution in [2.75, 3.05) is 12.8 Å². The van der Waals surface area contributed by atoms with Gasteiger partial charge >= 0.3 is 0 Å². The maximum Gasteiger partial charge on any atom is 0.247 e. The molecule has 2 amide bonds. The SMILES string of the molecule is CC(C)C[C@@H](C(=O)NN(CC(C)C)S(C)(=O)=O)[C@H](Cc1ccccc1)C(=O)NOCc1ccccc1. The van der Waals surface area contributed by atoms with Crippen molar-refractivity contribution in [2.24, 2.45) is 23.7 Å². The minimum Gasteiger partial charge on any atom is -0.275 e. The highest BCUT2D eigenvalue weighted by Crippen LogP contribution is 2.26. The number of nitrogens with one attached hydrogen (secondary N) is 2. The molecule has 0 radical (unpaired) electrons. The maximum absolute atomic E-state index is 13.5. The van der Waals surface area contributed by atoms with Gasteiger partial charge in [0.1, 0.15) is 0 Å². The normalized spacial score (nSPS) is 13.6. The molecule has 2 atom stereocenters. The van der Waals surface area contributed by atoms with Gasteiger partial charge in [0, 0.05) is 6.54 Å². The number of carbonyl (C=O) groups excluding carboxylic acids is 2. The van der Waals surface area contributed by atoms with Crippen molar-refractivity contribution < 1.29 is 22.8 Å². The Morgan fingerprint density at radius 3 is 1.89 bits per heavy atom. The molecule has 0 heterocycles. The molecule has 2 aromatic rings. The van der Waals surface area contributed by atoms with Gasteiger partial charge in [0.2, 0.25) is 21.8 Å². The summed E-state index contributed by atoms with van der Waals surface area (Å²) in [6, 6.07) is 18.9. The Bertz CT molecular complexity index is 1060. The molecule has 8 nitrogen and oxygen atoms in total. The van der Waals surface area contributed by atoms with Crippen LogP contribution >= 0.6 is 0 Å². The quantitative estimate of drug-likeness (QED) is 0.372. The minimum absolute atomic E-state index is 0.00150. The zero-order chi connectivity index (χ0) is 26.7. The van der Waals surface area contributed by atoms with E-state index in [0.29, 0.717) is 12.8 Å². The van der Waals surface area contributed by atoms with E-state index in [4.69, 9.17) is 4.84 Å². The number of amides is 2. The van der Waals surface area contributed by atoms with Crippen LogP contribution in [-0.2, 0) is 37.5 Å². The molecule has 198 valence electrons. The fraction of sp³-hybridized carbons (Fsp3) is 0.481. The number of hydroxylamine groups is 1. The third-order valence-electron chi connectivity index (χ3n) is 5.60. The number of hydrogen-bond donors (Lipinski definition) is 2. The number of benzene rings is 2. The maximum atomic E-state index is 13.5. The molecular formula is C27H39N3O5S. The standard InChI is InChI=1S/C27H39N3O5S/c1-20(2)16-24(26(31)28-30(18-21(3)4)36(5,33)34)25(17-22-12-8-6-9-13-22)27(32)29-35-19-23-14-10-7-11-15-23/h6-15,20-21,24-25H,16-19H2,1-5H3,(H,28,31)(H,29,32)/t24-,25+/m1/s1. The molecule has 36 heavy (non-hydrogen) atoms. The molecule has 0 unspecified atom stereocenters. The summed E-state index contributed by atoms with van der Waals surface area (Å²) in [7, 11) is -3.69. The summed E-state index contributed by atoms with van der Waals surface area (Å²) in [5, 5.41) is 0. The van der Waals surface area contributed by atoms with Crippen LogP contribution in [0.5, 0.6) is 0 Å². The summed E-state index contributed by atoms with van der Waals surface area (Å²) in [6.07, 6.45) is 1.75. The van der Waals surface area contributed by atoms with Gasteiger partial charge in [-0.25, -0.2) is 13.9 Å². The van der Waals surface area contributed by atoms with Crippen molar-refractivity contribution >= 4 is 21.8 Å². The highest BCUT2D eigenvalue weighted by Gasteiger charge is 2.36. The molecule has 0 saturated heterocycles. The molecular weight excluding hydrogens is 478 g/mol. The lowest BCUT2D eigenvalue weighted by molar-refractivity contribution is -0.145. The minimum atomic E-state index is -3.69. The largest absolute Gasteiger partial charge is 0.275 e. The predicted molar refractivity (Wildman–Crippen MR) is 140 cm³/mol. The van der Waals surface area contributed by atoms with Gasteiger partial charge in [-0.2, -0.15) is 0 Å². The molecule has 0 aliphatic rings. The molecule has 2 N–H and O–H groups in total. The number of hydrogen-bond acceptors (Lipinski definition) is 5. The molecule has 0 fully saturated rings. The molecule has 0 aliphatic heterocycles. The summed E-state index contributed by atoms with van der Waals surface area (Å²) >= 11 is 0. The van der Waals surface area contributed by atoms with Crippen molar-refractivity contribution in [3.8, 4) is 0 Å². The molecule has 0 bridgehead atoms. The molecule has 9 heteroatoms. The number of sulfonamides is 1. The van der Waals surface area contributed by atoms with Gasteiger partial charge in [0.15, 0.2) is 0 Å². The number of rotatable bonds is 14. The van der Waals surface area contributed by atoms with Gasteiger partial charge in [-0.3, -0.25) is 19.9 Å². The number of hydrazine groups is 1. The highest BCUT2D eigenvalue weighted by molar-refractivity contribution is 7.88. The van der Waals surface area contributed by atoms with E-state index in [1.165, 1.54) is 0 Å². The van der Waals surface area contributed by atoms with Crippen LogP contribution in [0, 0.1) is 23.7 Å². The molecule has 0 spiro atoms. The first-order valence-corrected chi connectivity index (χ1v) is 14.1. The van der Waals surface area contributed by atoms with Crippen LogP contribution < -0.4 is 10.9 Å². The zero-order valence-electron chi connectivity index (χ0n) is 21.8. The first-order valence-electron chi connectivity index (χ1n) is 12.2. The van der Waals surface area contributed by atoms with E-state index in [9.17, 15) is 18.0 Å². The smallest absolute Gasteiger partial charge is 0.247 e. The lowest BCUT2D eigenvalue weighted by atomic mass is 9.80. The predicted octanol–water partition coefficient (Wildman–Crippen LogP) is 3.70. The zero-order valence-corrected chi connectivity index (χ0v) is 22.6. The Balaban J connectivity index is 2.29. The summed E-state index contributed by atoms with van der Waals surface area (Å²) < 4.78 is 25.6. The van der Waals surface area contributed by atoms with Gasteiger partial charge in [-0.1, -0.05) is 88.4 Å². The first-order chi connectivity index (χ1) is 17.0. The average Bonchev–Trinajstić information content (AvgIpc) is 2.81. The fourth-order valence-electron chi connectivity index (χ4n) is 3.89. The monoisotopic (exact) mass is 517 g/mol. The topological polar surface area (TPSA) is 105 Å². The van der Waals surface area contributed by atoms with Crippen molar-refractivity contribution in [1.29, 1.82) is 0 Å². The second-order valence-electron chi connectivity index (χ2n) is 9.94. The number of nitrogens with zero attached hydrogens (tertiary/aromatic N) is 1. The van der Waals surface area contributed by atoms with Gasteiger partial charge in [-0.15, -0.1) is 4.41 Å². The highest BCUT2D eigenvalue weighted by atomic mass is 32.2. The Hall–Kier alpha value is -2.75. The molecule has 2 aromatic carbocycles. The van der Waals surface area contributed by atoms with Crippen molar-refractivity contribution in [1.82, 2.24) is 15.3 Å². The first kappa shape index (κ1) is 29.5. The van der Waals surface area contributed by atoms with Crippen LogP contribution in [0.4, 0.5) is 0 Å². The van der Waals surface area contributed by atoms with E-state index in [2.05, 4.69) is 10.9 Å². The Morgan fingerprint density at radius 1 is 0.833 bits per heavy atom. The summed E-state index contributed by atoms with van der Waals surface area (Å²) in [6.45, 7) is 7.98. The number of carbonyl (C=O) groups is 2. The van der Waals surface area contributed by atoms with Crippen molar-refractivity contribution in [3.63, 3.8) is 0 Å². The van der Waals surface area contributed by atoms with E-state index in [1.807, 2.05) is 88.4 Å². The third-order valence-corrected chi connectivity index (χ3v) is 6.64. The van der Waals surface area contributed by atoms with Crippen LogP contribution in [-0.4, -0.2) is 37.4 Å². The van der Waals surface area contributed by atoms with Gasteiger partial charge < -0.3 is 0 Å². The summed E-state index contributed by atoms with van der Waals surface area (Å²) in [4.78, 5) is 32.4. The summed E-state index contributed by atoms with van der Waals surface area (Å²) in [5.41, 5.74) is 6.90. The van der Waals surface area contributed by atoms with Crippen LogP contribution in [0.15, 0.2) is 60.7 Å². The average molecular weight is 518 g/mol. The van der Waals surface area contributed by atoms with E-state index >= 15 is 0 Å². The molecule has 0 saturated carbocycles. The van der Waals surface area contributed by atoms with E-state index < -0.39 is 33.7 Å². The lowest BCUT2D eigenvalue weighted by Gasteiger charge is -2.30. The summed E-state index contributed by atoms with van der Waals surface area (Å²) in [5.74, 6) is -2.39. The van der Waals surface area contributed by atoms with Crippen LogP contribution in [0.1, 0.15) is 45.2 Å². The fourth-order valence-corrected chi connectivity index (χ4v) is 4.71. The van der Waals surface area contributed by atoms with E-state index in [0.717, 1.165) is 21.8 Å². The Morgan fingerprint density at radius 2 is 1.39 bits per heavy atom.